The van der Waals surface area contributed by atoms with Crippen molar-refractivity contribution in [2.45, 2.75) is 32.1 Å². The number of hydrogen-bond acceptors (Lipinski definition) is 3. The molecule has 0 fully saturated rings. The molecule has 2 rings (SSSR count). The molecule has 111 valence electrons. The molecule has 1 aromatic carbocycles. The Morgan fingerprint density at radius 2 is 1.86 bits per heavy atom. The normalized spacial score (nSPS) is 10.5. The number of nitrogens with one attached hydrogen (secondary N) is 1. The second-order valence-corrected chi connectivity index (χ2v) is 5.68. The highest BCUT2D eigenvalue weighted by Crippen LogP contribution is 2.08. The van der Waals surface area contributed by atoms with Crippen LogP contribution in [0.15, 0.2) is 42.6 Å². The van der Waals surface area contributed by atoms with Crippen LogP contribution < -0.4 is 0 Å². The molecular weight excluding hydrogens is 284 g/mol. The summed E-state index contributed by atoms with van der Waals surface area (Å²) in [6, 6.07) is 12.3. The van der Waals surface area contributed by atoms with Gasteiger partial charge < -0.3 is 4.98 Å². The first kappa shape index (κ1) is 15.5. The molecule has 1 N–H and O–H groups in total. The van der Waals surface area contributed by atoms with E-state index in [1.165, 1.54) is 5.56 Å². The molecule has 5 heteroatoms. The fourth-order valence-corrected chi connectivity index (χ4v) is 2.48. The molecule has 0 amide bonds. The third kappa shape index (κ3) is 5.55. The summed E-state index contributed by atoms with van der Waals surface area (Å²) in [5.74, 6) is 0. The van der Waals surface area contributed by atoms with Crippen LogP contribution in [0.3, 0.4) is 0 Å². The van der Waals surface area contributed by atoms with Gasteiger partial charge in [0.25, 0.3) is 15.1 Å². The lowest BCUT2D eigenvalue weighted by Gasteiger charge is -2.02. The largest absolute Gasteiger partial charge is 0.334 e. The van der Waals surface area contributed by atoms with E-state index in [0.717, 1.165) is 37.8 Å². The number of nitrogens with zero attached hydrogens (tertiary/aromatic N) is 1. The minimum absolute atomic E-state index is 0.000516. The molecule has 0 saturated heterocycles. The van der Waals surface area contributed by atoms with Crippen molar-refractivity contribution in [3.05, 3.63) is 65.0 Å². The van der Waals surface area contributed by atoms with Crippen molar-refractivity contribution in [1.82, 2.24) is 9.97 Å². The van der Waals surface area contributed by atoms with Gasteiger partial charge in [0.15, 0.2) is 0 Å². The maximum atomic E-state index is 10.8. The monoisotopic (exact) mass is 303 g/mol. The smallest absolute Gasteiger partial charge is 0.258 e. The maximum absolute atomic E-state index is 10.8. The molecule has 1 aromatic heterocycles. The highest BCUT2D eigenvalue weighted by Gasteiger charge is 1.97. The van der Waals surface area contributed by atoms with Crippen molar-refractivity contribution >= 4 is 10.3 Å². The molecule has 0 aliphatic heterocycles. The Morgan fingerprint density at radius 3 is 2.62 bits per heavy atom. The lowest BCUT2D eigenvalue weighted by Crippen LogP contribution is -1.94. The average molecular weight is 303 g/mol. The minimum atomic E-state index is -2.30. The first-order valence-electron chi connectivity index (χ1n) is 7.08. The Morgan fingerprint density at radius 1 is 1.05 bits per heavy atom. The van der Waals surface area contributed by atoms with Gasteiger partial charge in [-0.15, -0.1) is 0 Å². The fraction of sp³-hybridized carbons (Fsp3) is 0.312. The molecule has 0 spiro atoms. The van der Waals surface area contributed by atoms with Gasteiger partial charge in [0.1, 0.15) is 0 Å². The van der Waals surface area contributed by atoms with E-state index in [0.29, 0.717) is 0 Å². The van der Waals surface area contributed by atoms with Crippen molar-refractivity contribution in [2.75, 3.05) is 0 Å². The lowest BCUT2D eigenvalue weighted by atomic mass is 10.1. The highest BCUT2D eigenvalue weighted by molar-refractivity contribution is 7.63. The van der Waals surface area contributed by atoms with Crippen LogP contribution in [0.1, 0.15) is 30.5 Å². The van der Waals surface area contributed by atoms with Crippen LogP contribution >= 0.6 is 0 Å². The fourth-order valence-electron chi connectivity index (χ4n) is 2.12. The van der Waals surface area contributed by atoms with Gasteiger partial charge in [-0.2, -0.15) is 8.42 Å². The predicted molar refractivity (Wildman–Crippen MR) is 82.8 cm³/mol. The van der Waals surface area contributed by atoms with E-state index >= 15 is 0 Å². The van der Waals surface area contributed by atoms with E-state index in [-0.39, 0.29) is 4.77 Å². The first-order valence-corrected chi connectivity index (χ1v) is 8.15. The number of H-pyrrole nitrogens is 1. The van der Waals surface area contributed by atoms with E-state index in [1.807, 2.05) is 12.1 Å². The third-order valence-electron chi connectivity index (χ3n) is 3.21. The number of unbranched alkanes of at least 4 members (excludes halogenated alkanes) is 3. The molecule has 0 aliphatic carbocycles. The third-order valence-corrected chi connectivity index (χ3v) is 3.73. The zero-order valence-electron chi connectivity index (χ0n) is 11.8. The van der Waals surface area contributed by atoms with Crippen LogP contribution in [-0.4, -0.2) is 18.4 Å². The van der Waals surface area contributed by atoms with Crippen LogP contribution in [0.5, 0.6) is 0 Å². The summed E-state index contributed by atoms with van der Waals surface area (Å²) in [4.78, 5) is 6.66. The van der Waals surface area contributed by atoms with Crippen molar-refractivity contribution < 1.29 is 8.42 Å². The van der Waals surface area contributed by atoms with Crippen LogP contribution in [-0.2, 0) is 23.1 Å². The van der Waals surface area contributed by atoms with Gasteiger partial charge >= 0.3 is 0 Å². The van der Waals surface area contributed by atoms with Crippen molar-refractivity contribution in [3.63, 3.8) is 0 Å². The summed E-state index contributed by atoms with van der Waals surface area (Å²) in [5.41, 5.74) is 2.17. The van der Waals surface area contributed by atoms with Crippen LogP contribution in [0.25, 0.3) is 0 Å². The first-order chi connectivity index (χ1) is 10.3. The molecule has 1 heterocycles. The molecule has 2 aromatic rings. The summed E-state index contributed by atoms with van der Waals surface area (Å²) < 4.78 is 21.6. The Bertz CT molecular complexity index is 713. The average Bonchev–Trinajstić information content (AvgIpc) is 2.52. The number of hydrogen-bond donors (Lipinski definition) is 1. The number of aromatic amines is 1. The summed E-state index contributed by atoms with van der Waals surface area (Å²) in [7, 11) is -2.30. The second kappa shape index (κ2) is 8.42. The van der Waals surface area contributed by atoms with E-state index in [4.69, 9.17) is 0 Å². The van der Waals surface area contributed by atoms with Gasteiger partial charge in [-0.05, 0) is 50.2 Å². The predicted octanol–water partition coefficient (Wildman–Crippen LogP) is 2.98. The van der Waals surface area contributed by atoms with E-state index in [2.05, 4.69) is 40.7 Å². The molecule has 4 nitrogen and oxygen atoms in total. The summed E-state index contributed by atoms with van der Waals surface area (Å²) in [5, 5.41) is 0. The summed E-state index contributed by atoms with van der Waals surface area (Å²) in [6.45, 7) is 0. The number of rotatable bonds is 7. The van der Waals surface area contributed by atoms with Gasteiger partial charge in [-0.3, -0.25) is 0 Å². The van der Waals surface area contributed by atoms with Crippen molar-refractivity contribution in [1.29, 1.82) is 0 Å². The Hall–Kier alpha value is -1.88. The number of benzene rings is 1. The summed E-state index contributed by atoms with van der Waals surface area (Å²) in [6.07, 6.45) is 8.83. The topological polar surface area (TPSA) is 62.8 Å². The quantitative estimate of drug-likeness (QED) is 0.632. The molecule has 1 radical (unpaired) electrons. The van der Waals surface area contributed by atoms with Crippen LogP contribution in [0, 0.1) is 11.2 Å². The van der Waals surface area contributed by atoms with Gasteiger partial charge in [0, 0.05) is 11.9 Å². The van der Waals surface area contributed by atoms with Crippen molar-refractivity contribution in [3.8, 4) is 0 Å². The lowest BCUT2D eigenvalue weighted by molar-refractivity contribution is 0.622. The molecule has 0 atom stereocenters. The minimum Gasteiger partial charge on any atom is -0.334 e. The van der Waals surface area contributed by atoms with Gasteiger partial charge in [0.2, 0.25) is 0 Å². The van der Waals surface area contributed by atoms with E-state index in [1.54, 1.807) is 6.20 Å². The number of aryl methyl sites for hydroxylation is 2. The highest BCUT2D eigenvalue weighted by atomic mass is 32.2. The van der Waals surface area contributed by atoms with Gasteiger partial charge in [-0.25, -0.2) is 4.98 Å². The molecule has 0 bridgehead atoms. The Kier molecular flexibility index (Phi) is 6.22. The molecular formula is C16H19N2O2S. The van der Waals surface area contributed by atoms with Gasteiger partial charge in [0.05, 0.1) is 0 Å². The van der Waals surface area contributed by atoms with E-state index < -0.39 is 10.3 Å². The molecule has 21 heavy (non-hydrogen) atoms. The standard InChI is InChI=1S/C16H19N2O2S/c19-21(20)16-17-13-12-15(18-16)11-7-2-1-4-8-14-9-5-3-6-10-14/h1,3,5-6,9-10,12-13,17H,2,4,7-8,11H2. The van der Waals surface area contributed by atoms with Crippen LogP contribution in [0.2, 0.25) is 0 Å². The summed E-state index contributed by atoms with van der Waals surface area (Å²) >= 11 is 0. The zero-order valence-corrected chi connectivity index (χ0v) is 12.6. The van der Waals surface area contributed by atoms with Gasteiger partial charge in [-0.1, -0.05) is 30.3 Å². The second-order valence-electron chi connectivity index (χ2n) is 4.83. The molecule has 0 aliphatic rings. The Labute approximate surface area is 126 Å². The Balaban J connectivity index is 1.68. The molecule has 0 saturated carbocycles. The SMILES string of the molecule is O=S(=O)=c1nc(CCC[CH]CCc2ccccc2)cc[nH]1. The van der Waals surface area contributed by atoms with E-state index in [9.17, 15) is 8.42 Å². The maximum Gasteiger partial charge on any atom is 0.258 e. The molecule has 0 unspecified atom stereocenters. The number of aromatic nitrogens is 2. The zero-order chi connectivity index (χ0) is 14.9. The van der Waals surface area contributed by atoms with Crippen LogP contribution in [0.4, 0.5) is 0 Å². The van der Waals surface area contributed by atoms with Crippen molar-refractivity contribution in [2.24, 2.45) is 0 Å².